The zero-order chi connectivity index (χ0) is 19.8. The van der Waals surface area contributed by atoms with Crippen LogP contribution in [0.25, 0.3) is 22.0 Å². The maximum Gasteiger partial charge on any atom is 0.407 e. The summed E-state index contributed by atoms with van der Waals surface area (Å²) >= 11 is 0. The van der Waals surface area contributed by atoms with Crippen molar-refractivity contribution in [2.75, 3.05) is 20.8 Å². The second-order valence-electron chi connectivity index (χ2n) is 6.98. The van der Waals surface area contributed by atoms with Gasteiger partial charge < -0.3 is 19.5 Å². The van der Waals surface area contributed by atoms with Crippen LogP contribution in [0, 0.1) is 6.92 Å². The molecule has 0 saturated carbocycles. The number of hydrogen-bond donors (Lipinski definition) is 1. The minimum Gasteiger partial charge on any atom is -0.493 e. The molecule has 144 valence electrons. The lowest BCUT2D eigenvalue weighted by Gasteiger charge is -2.27. The van der Waals surface area contributed by atoms with E-state index >= 15 is 0 Å². The molecule has 3 aromatic rings. The van der Waals surface area contributed by atoms with E-state index in [9.17, 15) is 9.90 Å². The zero-order valence-corrected chi connectivity index (χ0v) is 16.2. The topological polar surface area (TPSA) is 71.9 Å². The summed E-state index contributed by atoms with van der Waals surface area (Å²) in [6.07, 6.45) is 1.72. The predicted molar refractivity (Wildman–Crippen MR) is 107 cm³/mol. The van der Waals surface area contributed by atoms with E-state index in [0.717, 1.165) is 39.6 Å². The molecule has 0 radical (unpaired) electrons. The van der Waals surface area contributed by atoms with Gasteiger partial charge >= 0.3 is 6.09 Å². The van der Waals surface area contributed by atoms with Crippen LogP contribution in [0.3, 0.4) is 0 Å². The molecule has 1 amide bonds. The third kappa shape index (κ3) is 3.01. The van der Waals surface area contributed by atoms with Crippen molar-refractivity contribution in [2.45, 2.75) is 19.9 Å². The zero-order valence-electron chi connectivity index (χ0n) is 16.2. The van der Waals surface area contributed by atoms with E-state index in [0.29, 0.717) is 24.6 Å². The highest BCUT2D eigenvalue weighted by Gasteiger charge is 2.21. The molecule has 1 N–H and O–H groups in total. The number of benzene rings is 2. The molecule has 0 fully saturated rings. The Labute approximate surface area is 163 Å². The van der Waals surface area contributed by atoms with Crippen LogP contribution in [0.1, 0.15) is 16.7 Å². The lowest BCUT2D eigenvalue weighted by Crippen LogP contribution is -2.34. The Morgan fingerprint density at radius 2 is 1.86 bits per heavy atom. The van der Waals surface area contributed by atoms with Crippen LogP contribution in [-0.4, -0.2) is 41.8 Å². The van der Waals surface area contributed by atoms with Crippen molar-refractivity contribution in [2.24, 2.45) is 0 Å². The molecule has 0 saturated heterocycles. The van der Waals surface area contributed by atoms with Gasteiger partial charge in [0, 0.05) is 30.7 Å². The lowest BCUT2D eigenvalue weighted by atomic mass is 9.91. The summed E-state index contributed by atoms with van der Waals surface area (Å²) in [4.78, 5) is 17.4. The number of aromatic nitrogens is 1. The fourth-order valence-electron chi connectivity index (χ4n) is 3.88. The van der Waals surface area contributed by atoms with Crippen LogP contribution in [0.4, 0.5) is 4.79 Å². The predicted octanol–water partition coefficient (Wildman–Crippen LogP) is 4.26. The largest absolute Gasteiger partial charge is 0.493 e. The second kappa shape index (κ2) is 7.03. The number of methoxy groups -OCH3 is 2. The number of amides is 1. The molecule has 1 aromatic heterocycles. The van der Waals surface area contributed by atoms with E-state index in [4.69, 9.17) is 9.47 Å². The summed E-state index contributed by atoms with van der Waals surface area (Å²) in [7, 11) is 3.22. The van der Waals surface area contributed by atoms with E-state index < -0.39 is 6.09 Å². The van der Waals surface area contributed by atoms with Gasteiger partial charge in [-0.3, -0.25) is 4.98 Å². The van der Waals surface area contributed by atoms with Gasteiger partial charge in [-0.25, -0.2) is 4.79 Å². The highest BCUT2D eigenvalue weighted by Crippen LogP contribution is 2.38. The average Bonchev–Trinajstić information content (AvgIpc) is 2.71. The van der Waals surface area contributed by atoms with Crippen molar-refractivity contribution in [3.63, 3.8) is 0 Å². The van der Waals surface area contributed by atoms with Crippen LogP contribution >= 0.6 is 0 Å². The molecular weight excluding hydrogens is 356 g/mol. The van der Waals surface area contributed by atoms with Crippen molar-refractivity contribution in [3.05, 3.63) is 53.2 Å². The number of carboxylic acid groups (broad SMARTS) is 1. The second-order valence-corrected chi connectivity index (χ2v) is 6.98. The summed E-state index contributed by atoms with van der Waals surface area (Å²) in [5.41, 5.74) is 6.24. The Balaban J connectivity index is 1.88. The molecule has 6 nitrogen and oxygen atoms in total. The van der Waals surface area contributed by atoms with Crippen molar-refractivity contribution in [3.8, 4) is 22.6 Å². The Morgan fingerprint density at radius 3 is 2.57 bits per heavy atom. The first-order valence-corrected chi connectivity index (χ1v) is 9.13. The number of ether oxygens (including phenoxy) is 2. The van der Waals surface area contributed by atoms with Gasteiger partial charge in [0.25, 0.3) is 0 Å². The van der Waals surface area contributed by atoms with Crippen molar-refractivity contribution in [1.82, 2.24) is 9.88 Å². The summed E-state index contributed by atoms with van der Waals surface area (Å²) in [6, 6.07) is 10.1. The van der Waals surface area contributed by atoms with Gasteiger partial charge in [0.15, 0.2) is 11.5 Å². The van der Waals surface area contributed by atoms with Gasteiger partial charge in [-0.05, 0) is 53.3 Å². The Hall–Kier alpha value is -3.28. The number of nitrogens with zero attached hydrogens (tertiary/aromatic N) is 2. The highest BCUT2D eigenvalue weighted by atomic mass is 16.5. The smallest absolute Gasteiger partial charge is 0.407 e. The molecule has 0 aliphatic carbocycles. The Kier molecular flexibility index (Phi) is 4.55. The van der Waals surface area contributed by atoms with Gasteiger partial charge in [-0.2, -0.15) is 0 Å². The maximum atomic E-state index is 11.4. The van der Waals surface area contributed by atoms with Gasteiger partial charge in [0.1, 0.15) is 0 Å². The molecule has 4 rings (SSSR count). The van der Waals surface area contributed by atoms with Gasteiger partial charge in [-0.1, -0.05) is 12.1 Å². The number of pyridine rings is 1. The Morgan fingerprint density at radius 1 is 1.11 bits per heavy atom. The van der Waals surface area contributed by atoms with E-state index in [1.54, 1.807) is 14.2 Å². The SMILES string of the molecule is COc1cc2ncc(C)c(-c3ccc4c(c3)CN(C(=O)O)CC4)c2cc1OC. The van der Waals surface area contributed by atoms with Crippen LogP contribution in [-0.2, 0) is 13.0 Å². The van der Waals surface area contributed by atoms with E-state index in [1.165, 1.54) is 10.5 Å². The molecule has 2 heterocycles. The summed E-state index contributed by atoms with van der Waals surface area (Å²) in [5.74, 6) is 1.29. The minimum atomic E-state index is -0.876. The van der Waals surface area contributed by atoms with Gasteiger partial charge in [-0.15, -0.1) is 0 Å². The molecule has 6 heteroatoms. The van der Waals surface area contributed by atoms with Crippen LogP contribution < -0.4 is 9.47 Å². The first-order valence-electron chi connectivity index (χ1n) is 9.13. The Bertz CT molecular complexity index is 1080. The molecule has 0 spiro atoms. The van der Waals surface area contributed by atoms with E-state index in [2.05, 4.69) is 23.2 Å². The first kappa shape index (κ1) is 18.1. The number of hydrogen-bond acceptors (Lipinski definition) is 4. The van der Waals surface area contributed by atoms with Gasteiger partial charge in [0.2, 0.25) is 0 Å². The summed E-state index contributed by atoms with van der Waals surface area (Å²) in [5, 5.41) is 10.3. The van der Waals surface area contributed by atoms with Crippen molar-refractivity contribution >= 4 is 17.0 Å². The maximum absolute atomic E-state index is 11.4. The highest BCUT2D eigenvalue weighted by molar-refractivity contribution is 5.98. The molecular formula is C22H22N2O4. The molecule has 0 unspecified atom stereocenters. The fourth-order valence-corrected chi connectivity index (χ4v) is 3.88. The average molecular weight is 378 g/mol. The third-order valence-electron chi connectivity index (χ3n) is 5.34. The summed E-state index contributed by atoms with van der Waals surface area (Å²) < 4.78 is 10.9. The quantitative estimate of drug-likeness (QED) is 0.737. The normalized spacial score (nSPS) is 13.3. The standard InChI is InChI=1S/C22H22N2O4/c1-13-11-23-18-10-20(28-3)19(27-2)9-17(18)21(13)15-5-4-14-6-7-24(22(25)26)12-16(14)8-15/h4-5,8-11H,6-7,12H2,1-3H3,(H,25,26). The van der Waals surface area contributed by atoms with Crippen molar-refractivity contribution < 1.29 is 19.4 Å². The first-order chi connectivity index (χ1) is 13.5. The van der Waals surface area contributed by atoms with Crippen molar-refractivity contribution in [1.29, 1.82) is 0 Å². The number of fused-ring (bicyclic) bond motifs is 2. The lowest BCUT2D eigenvalue weighted by molar-refractivity contribution is 0.140. The molecule has 0 atom stereocenters. The van der Waals surface area contributed by atoms with Crippen LogP contribution in [0.2, 0.25) is 0 Å². The monoisotopic (exact) mass is 378 g/mol. The fraction of sp³-hybridized carbons (Fsp3) is 0.273. The summed E-state index contributed by atoms with van der Waals surface area (Å²) in [6.45, 7) is 2.98. The number of carbonyl (C=O) groups is 1. The van der Waals surface area contributed by atoms with Crippen LogP contribution in [0.15, 0.2) is 36.5 Å². The third-order valence-corrected chi connectivity index (χ3v) is 5.34. The molecule has 2 aromatic carbocycles. The van der Waals surface area contributed by atoms with E-state index in [1.807, 2.05) is 25.3 Å². The number of aryl methyl sites for hydroxylation is 1. The molecule has 28 heavy (non-hydrogen) atoms. The number of rotatable bonds is 3. The minimum absolute atomic E-state index is 0.414. The van der Waals surface area contributed by atoms with Gasteiger partial charge in [0.05, 0.1) is 19.7 Å². The van der Waals surface area contributed by atoms with Crippen LogP contribution in [0.5, 0.6) is 11.5 Å². The molecule has 0 bridgehead atoms. The molecule has 1 aliphatic heterocycles. The molecule has 1 aliphatic rings. The van der Waals surface area contributed by atoms with E-state index in [-0.39, 0.29) is 0 Å².